The van der Waals surface area contributed by atoms with E-state index >= 15 is 0 Å². The van der Waals surface area contributed by atoms with Gasteiger partial charge in [0.2, 0.25) is 0 Å². The van der Waals surface area contributed by atoms with Crippen molar-refractivity contribution in [1.82, 2.24) is 3.97 Å². The van der Waals surface area contributed by atoms with Crippen LogP contribution in [0.5, 0.6) is 0 Å². The molecule has 0 spiro atoms. The average molecular weight is 508 g/mol. The Balaban J connectivity index is 2.13. The molecular weight excluding hydrogens is 493 g/mol. The fraction of sp³-hybridized carbons (Fsp3) is 0.0476. The summed E-state index contributed by atoms with van der Waals surface area (Å²) in [6.45, 7) is 1.93. The van der Waals surface area contributed by atoms with Crippen LogP contribution in [0.25, 0.3) is 22.2 Å². The number of fused-ring (bicyclic) bond motifs is 1. The van der Waals surface area contributed by atoms with E-state index in [4.69, 9.17) is 11.6 Å². The Morgan fingerprint density at radius 2 is 1.59 bits per heavy atom. The molecule has 0 aliphatic heterocycles. The van der Waals surface area contributed by atoms with E-state index in [0.29, 0.717) is 16.2 Å². The van der Waals surface area contributed by atoms with Crippen LogP contribution >= 0.6 is 34.2 Å². The number of halogens is 2. The van der Waals surface area contributed by atoms with Gasteiger partial charge in [-0.1, -0.05) is 65.7 Å². The lowest BCUT2D eigenvalue weighted by atomic mass is 10.1. The summed E-state index contributed by atoms with van der Waals surface area (Å²) in [6.07, 6.45) is 0. The fourth-order valence-corrected chi connectivity index (χ4v) is 5.98. The second kappa shape index (κ2) is 6.96. The smallest absolute Gasteiger partial charge is 0.232 e. The number of rotatable bonds is 3. The van der Waals surface area contributed by atoms with Crippen molar-refractivity contribution in [3.63, 3.8) is 0 Å². The van der Waals surface area contributed by atoms with E-state index in [0.717, 1.165) is 20.1 Å². The second-order valence-electron chi connectivity index (χ2n) is 6.27. The summed E-state index contributed by atoms with van der Waals surface area (Å²) >= 11 is 8.42. The van der Waals surface area contributed by atoms with Gasteiger partial charge < -0.3 is 0 Å². The standard InChI is InChI=1S/C21H15ClINO2S/c1-14-7-10-17(11-8-14)27(25,26)24-19-13-16(22)9-12-18(19)20(23)21(24)15-5-3-2-4-6-15/h2-13H,1H3. The van der Waals surface area contributed by atoms with Crippen LogP contribution in [0, 0.1) is 10.5 Å². The van der Waals surface area contributed by atoms with Crippen molar-refractivity contribution in [1.29, 1.82) is 0 Å². The van der Waals surface area contributed by atoms with Crippen molar-refractivity contribution in [2.75, 3.05) is 0 Å². The molecule has 6 heteroatoms. The third-order valence-electron chi connectivity index (χ3n) is 4.43. The first kappa shape index (κ1) is 18.5. The minimum Gasteiger partial charge on any atom is -0.232 e. The molecule has 0 aliphatic rings. The zero-order valence-corrected chi connectivity index (χ0v) is 18.1. The Kier molecular flexibility index (Phi) is 4.78. The first-order chi connectivity index (χ1) is 12.9. The van der Waals surface area contributed by atoms with Gasteiger partial charge in [0.1, 0.15) is 0 Å². The molecule has 4 rings (SSSR count). The molecule has 0 amide bonds. The zero-order valence-electron chi connectivity index (χ0n) is 14.4. The zero-order chi connectivity index (χ0) is 19.2. The second-order valence-corrected chi connectivity index (χ2v) is 9.57. The van der Waals surface area contributed by atoms with E-state index in [2.05, 4.69) is 22.6 Å². The molecule has 0 bridgehead atoms. The highest BCUT2D eigenvalue weighted by Gasteiger charge is 2.27. The lowest BCUT2D eigenvalue weighted by molar-refractivity contribution is 0.589. The van der Waals surface area contributed by atoms with Crippen LogP contribution in [0.4, 0.5) is 0 Å². The molecule has 0 N–H and O–H groups in total. The van der Waals surface area contributed by atoms with Crippen LogP contribution in [0.2, 0.25) is 5.02 Å². The molecule has 1 heterocycles. The predicted octanol–water partition coefficient (Wildman–Crippen LogP) is 6.11. The van der Waals surface area contributed by atoms with E-state index in [9.17, 15) is 8.42 Å². The van der Waals surface area contributed by atoms with Gasteiger partial charge in [-0.25, -0.2) is 12.4 Å². The Morgan fingerprint density at radius 3 is 2.26 bits per heavy atom. The average Bonchev–Trinajstić information content (AvgIpc) is 2.95. The van der Waals surface area contributed by atoms with Crippen molar-refractivity contribution in [3.8, 4) is 11.3 Å². The van der Waals surface area contributed by atoms with Crippen molar-refractivity contribution < 1.29 is 8.42 Å². The number of aromatic nitrogens is 1. The van der Waals surface area contributed by atoms with Crippen LogP contribution in [0.3, 0.4) is 0 Å². The van der Waals surface area contributed by atoms with Crippen LogP contribution in [-0.2, 0) is 10.0 Å². The van der Waals surface area contributed by atoms with Crippen LogP contribution in [0.15, 0.2) is 77.7 Å². The van der Waals surface area contributed by atoms with Gasteiger partial charge in [-0.15, -0.1) is 0 Å². The van der Waals surface area contributed by atoms with E-state index in [1.165, 1.54) is 3.97 Å². The SMILES string of the molecule is Cc1ccc(S(=O)(=O)n2c(-c3ccccc3)c(I)c3ccc(Cl)cc32)cc1. The minimum absolute atomic E-state index is 0.249. The number of aryl methyl sites for hydroxylation is 1. The number of hydrogen-bond acceptors (Lipinski definition) is 2. The normalized spacial score (nSPS) is 11.8. The maximum atomic E-state index is 13.6. The van der Waals surface area contributed by atoms with Gasteiger partial charge in [0.05, 0.1) is 16.1 Å². The topological polar surface area (TPSA) is 39.1 Å². The minimum atomic E-state index is -3.80. The molecule has 0 radical (unpaired) electrons. The number of nitrogens with zero attached hydrogens (tertiary/aromatic N) is 1. The van der Waals surface area contributed by atoms with E-state index < -0.39 is 10.0 Å². The molecule has 4 aromatic rings. The summed E-state index contributed by atoms with van der Waals surface area (Å²) in [5.74, 6) is 0. The quantitative estimate of drug-likeness (QED) is 0.314. The largest absolute Gasteiger partial charge is 0.268 e. The Labute approximate surface area is 176 Å². The van der Waals surface area contributed by atoms with E-state index in [-0.39, 0.29) is 4.90 Å². The number of hydrogen-bond donors (Lipinski definition) is 0. The molecule has 0 unspecified atom stereocenters. The highest BCUT2D eigenvalue weighted by atomic mass is 127. The third kappa shape index (κ3) is 3.17. The molecule has 0 aliphatic carbocycles. The number of benzene rings is 3. The van der Waals surface area contributed by atoms with Gasteiger partial charge >= 0.3 is 0 Å². The fourth-order valence-electron chi connectivity index (χ4n) is 3.10. The Hall–Kier alpha value is -1.83. The van der Waals surface area contributed by atoms with Gasteiger partial charge in [0, 0.05) is 19.5 Å². The Bertz CT molecular complexity index is 1250. The maximum Gasteiger partial charge on any atom is 0.268 e. The molecule has 3 nitrogen and oxygen atoms in total. The van der Waals surface area contributed by atoms with Crippen molar-refractivity contribution in [2.45, 2.75) is 11.8 Å². The van der Waals surface area contributed by atoms with Crippen molar-refractivity contribution in [3.05, 3.63) is 87.0 Å². The van der Waals surface area contributed by atoms with Crippen LogP contribution in [-0.4, -0.2) is 12.4 Å². The van der Waals surface area contributed by atoms with E-state index in [1.807, 2.05) is 43.3 Å². The van der Waals surface area contributed by atoms with Crippen molar-refractivity contribution >= 4 is 55.1 Å². The summed E-state index contributed by atoms with van der Waals surface area (Å²) in [5.41, 5.74) is 3.07. The third-order valence-corrected chi connectivity index (χ3v) is 7.49. The summed E-state index contributed by atoms with van der Waals surface area (Å²) in [5, 5.41) is 1.35. The summed E-state index contributed by atoms with van der Waals surface area (Å²) < 4.78 is 29.5. The first-order valence-corrected chi connectivity index (χ1v) is 11.2. The summed E-state index contributed by atoms with van der Waals surface area (Å²) in [7, 11) is -3.80. The van der Waals surface area contributed by atoms with Gasteiger partial charge in [-0.05, 0) is 53.8 Å². The van der Waals surface area contributed by atoms with Gasteiger partial charge in [-0.2, -0.15) is 0 Å². The molecule has 0 fully saturated rings. The molecular formula is C21H15ClINO2S. The van der Waals surface area contributed by atoms with Crippen LogP contribution in [0.1, 0.15) is 5.56 Å². The molecule has 27 heavy (non-hydrogen) atoms. The maximum absolute atomic E-state index is 13.6. The summed E-state index contributed by atoms with van der Waals surface area (Å²) in [6, 6.07) is 21.8. The molecule has 1 aromatic heterocycles. The predicted molar refractivity (Wildman–Crippen MR) is 119 cm³/mol. The van der Waals surface area contributed by atoms with Crippen LogP contribution < -0.4 is 0 Å². The monoisotopic (exact) mass is 507 g/mol. The highest BCUT2D eigenvalue weighted by molar-refractivity contribution is 14.1. The molecule has 0 saturated heterocycles. The summed E-state index contributed by atoms with van der Waals surface area (Å²) in [4.78, 5) is 0.249. The first-order valence-electron chi connectivity index (χ1n) is 8.27. The highest BCUT2D eigenvalue weighted by Crippen LogP contribution is 2.38. The van der Waals surface area contributed by atoms with Gasteiger partial charge in [0.15, 0.2) is 0 Å². The lowest BCUT2D eigenvalue weighted by Gasteiger charge is -2.13. The molecule has 136 valence electrons. The van der Waals surface area contributed by atoms with E-state index in [1.54, 1.807) is 36.4 Å². The molecule has 0 saturated carbocycles. The van der Waals surface area contributed by atoms with Gasteiger partial charge in [0.25, 0.3) is 10.0 Å². The molecule has 0 atom stereocenters. The van der Waals surface area contributed by atoms with Gasteiger partial charge in [-0.3, -0.25) is 0 Å². The van der Waals surface area contributed by atoms with Crippen molar-refractivity contribution in [2.24, 2.45) is 0 Å². The Morgan fingerprint density at radius 1 is 0.926 bits per heavy atom. The molecule has 3 aromatic carbocycles. The lowest BCUT2D eigenvalue weighted by Crippen LogP contribution is -2.14.